The summed E-state index contributed by atoms with van der Waals surface area (Å²) in [7, 11) is 0. The van der Waals surface area contributed by atoms with E-state index in [0.29, 0.717) is 0 Å². The molecule has 0 saturated carbocycles. The van der Waals surface area contributed by atoms with Crippen molar-refractivity contribution >= 4 is 11.7 Å². The molecule has 0 aromatic rings. The first-order valence-corrected chi connectivity index (χ1v) is 4.31. The maximum Gasteiger partial charge on any atom is 0.444 e. The van der Waals surface area contributed by atoms with Crippen LogP contribution in [-0.4, -0.2) is 29.0 Å². The number of rotatable bonds is 5. The largest absolute Gasteiger partial charge is 0.457 e. The van der Waals surface area contributed by atoms with Crippen molar-refractivity contribution in [2.75, 3.05) is 6.61 Å². The van der Waals surface area contributed by atoms with Gasteiger partial charge < -0.3 is 10.3 Å². The third-order valence-electron chi connectivity index (χ3n) is 1.81. The molecule has 0 fully saturated rings. The first kappa shape index (κ1) is 13.4. The van der Waals surface area contributed by atoms with Gasteiger partial charge in [0.05, 0.1) is 12.5 Å². The summed E-state index contributed by atoms with van der Waals surface area (Å²) < 4.78 is 31.1. The van der Waals surface area contributed by atoms with Gasteiger partial charge in [0.2, 0.25) is 0 Å². The number of halogens is 2. The maximum absolute atomic E-state index is 13.4. The number of carbonyl (C=O) groups is 1. The molecule has 4 nitrogen and oxygen atoms in total. The zero-order valence-electron chi connectivity index (χ0n) is 8.54. The van der Waals surface area contributed by atoms with Gasteiger partial charge in [-0.3, -0.25) is 0 Å². The van der Waals surface area contributed by atoms with E-state index in [2.05, 4.69) is 16.1 Å². The molecule has 1 atom stereocenters. The van der Waals surface area contributed by atoms with Crippen LogP contribution in [0.5, 0.6) is 0 Å². The second-order valence-electron chi connectivity index (χ2n) is 2.82. The molecular formula is C9H12F2N2O2. The number of hydrogen-bond acceptors (Lipinski definition) is 2. The van der Waals surface area contributed by atoms with E-state index < -0.39 is 23.5 Å². The number of hydrogen-bond donors (Lipinski definition) is 0. The SMILES string of the molecule is C=CC(C)C(F)(F)C(=[N+]=[N-])C(=O)OCC. The van der Waals surface area contributed by atoms with E-state index in [9.17, 15) is 13.6 Å². The van der Waals surface area contributed by atoms with Crippen molar-refractivity contribution in [1.29, 1.82) is 0 Å². The minimum absolute atomic E-state index is 0.0730. The number of allylic oxidation sites excluding steroid dienone is 1. The molecule has 0 aromatic heterocycles. The van der Waals surface area contributed by atoms with Crippen LogP contribution in [0.2, 0.25) is 0 Å². The molecule has 0 amide bonds. The van der Waals surface area contributed by atoms with E-state index >= 15 is 0 Å². The summed E-state index contributed by atoms with van der Waals surface area (Å²) in [6.07, 6.45) is 0.963. The normalized spacial score (nSPS) is 12.5. The van der Waals surface area contributed by atoms with E-state index in [1.165, 1.54) is 6.92 Å². The van der Waals surface area contributed by atoms with Crippen LogP contribution in [0, 0.1) is 5.92 Å². The molecule has 0 rings (SSSR count). The van der Waals surface area contributed by atoms with Gasteiger partial charge in [0, 0.05) is 0 Å². The number of nitrogens with zero attached hydrogens (tertiary/aromatic N) is 2. The van der Waals surface area contributed by atoms with Gasteiger partial charge in [-0.25, -0.2) is 4.79 Å². The number of carbonyl (C=O) groups excluding carboxylic acids is 1. The molecule has 0 N–H and O–H groups in total. The van der Waals surface area contributed by atoms with Crippen molar-refractivity contribution < 1.29 is 23.1 Å². The van der Waals surface area contributed by atoms with Crippen LogP contribution < -0.4 is 0 Å². The highest BCUT2D eigenvalue weighted by atomic mass is 19.3. The fourth-order valence-electron chi connectivity index (χ4n) is 0.807. The summed E-state index contributed by atoms with van der Waals surface area (Å²) in [6, 6.07) is 0. The molecule has 0 saturated heterocycles. The topological polar surface area (TPSA) is 62.7 Å². The van der Waals surface area contributed by atoms with Gasteiger partial charge in [-0.1, -0.05) is 13.0 Å². The molecule has 0 radical (unpaired) electrons. The van der Waals surface area contributed by atoms with Gasteiger partial charge in [-0.05, 0) is 6.92 Å². The fourth-order valence-corrected chi connectivity index (χ4v) is 0.807. The zero-order valence-corrected chi connectivity index (χ0v) is 8.54. The Morgan fingerprint density at radius 2 is 2.27 bits per heavy atom. The average molecular weight is 218 g/mol. The van der Waals surface area contributed by atoms with E-state index in [-0.39, 0.29) is 6.61 Å². The average Bonchev–Trinajstić information content (AvgIpc) is 2.17. The Hall–Kier alpha value is -1.55. The standard InChI is InChI=1S/C9H12F2N2O2/c1-4-6(3)9(10,11)7(13-12)8(14)15-5-2/h4,6H,1,5H2,2-3H3. The van der Waals surface area contributed by atoms with Crippen LogP contribution in [0.15, 0.2) is 12.7 Å². The molecule has 0 spiro atoms. The fraction of sp³-hybridized carbons (Fsp3) is 0.556. The molecule has 1 unspecified atom stereocenters. The molecule has 0 heterocycles. The van der Waals surface area contributed by atoms with Gasteiger partial charge >= 0.3 is 17.6 Å². The Bertz CT molecular complexity index is 309. The molecule has 0 aliphatic rings. The highest BCUT2D eigenvalue weighted by molar-refractivity contribution is 6.36. The second-order valence-corrected chi connectivity index (χ2v) is 2.82. The lowest BCUT2D eigenvalue weighted by Gasteiger charge is -2.15. The quantitative estimate of drug-likeness (QED) is 0.232. The molecule has 15 heavy (non-hydrogen) atoms. The molecule has 6 heteroatoms. The van der Waals surface area contributed by atoms with Gasteiger partial charge in [-0.2, -0.15) is 13.6 Å². The van der Waals surface area contributed by atoms with E-state index in [4.69, 9.17) is 5.53 Å². The predicted molar refractivity (Wildman–Crippen MR) is 49.6 cm³/mol. The van der Waals surface area contributed by atoms with Crippen molar-refractivity contribution in [3.8, 4) is 0 Å². The predicted octanol–water partition coefficient (Wildman–Crippen LogP) is 1.68. The number of ether oxygens (including phenoxy) is 1. The van der Waals surface area contributed by atoms with Crippen LogP contribution >= 0.6 is 0 Å². The van der Waals surface area contributed by atoms with Crippen LogP contribution in [0.4, 0.5) is 8.78 Å². The van der Waals surface area contributed by atoms with Crippen molar-refractivity contribution in [3.05, 3.63) is 18.2 Å². The number of alkyl halides is 2. The smallest absolute Gasteiger partial charge is 0.444 e. The van der Waals surface area contributed by atoms with Crippen molar-refractivity contribution in [1.82, 2.24) is 0 Å². The monoisotopic (exact) mass is 218 g/mol. The Balaban J connectivity index is 5.06. The van der Waals surface area contributed by atoms with E-state index in [1.54, 1.807) is 0 Å². The third kappa shape index (κ3) is 2.95. The maximum atomic E-state index is 13.4. The van der Waals surface area contributed by atoms with Crippen LogP contribution in [0.3, 0.4) is 0 Å². The summed E-state index contributed by atoms with van der Waals surface area (Å²) in [4.78, 5) is 13.3. The molecule has 0 aromatic carbocycles. The van der Waals surface area contributed by atoms with Crippen LogP contribution in [0.1, 0.15) is 13.8 Å². The first-order valence-electron chi connectivity index (χ1n) is 4.31. The van der Waals surface area contributed by atoms with E-state index in [0.717, 1.165) is 13.0 Å². The lowest BCUT2D eigenvalue weighted by Crippen LogP contribution is -2.41. The molecule has 0 aliphatic heterocycles. The number of esters is 1. The van der Waals surface area contributed by atoms with Gasteiger partial charge in [-0.15, -0.1) is 6.58 Å². The highest BCUT2D eigenvalue weighted by Crippen LogP contribution is 2.26. The van der Waals surface area contributed by atoms with E-state index in [1.807, 2.05) is 0 Å². The summed E-state index contributed by atoms with van der Waals surface area (Å²) in [6.45, 7) is 5.72. The lowest BCUT2D eigenvalue weighted by atomic mass is 9.99. The van der Waals surface area contributed by atoms with Gasteiger partial charge in [0.25, 0.3) is 0 Å². The summed E-state index contributed by atoms with van der Waals surface area (Å²) in [5.41, 5.74) is 7.07. The second kappa shape index (κ2) is 5.36. The Kier molecular flexibility index (Phi) is 4.81. The minimum atomic E-state index is -3.59. The molecule has 0 aliphatic carbocycles. The van der Waals surface area contributed by atoms with Gasteiger partial charge in [0.15, 0.2) is 0 Å². The third-order valence-corrected chi connectivity index (χ3v) is 1.81. The summed E-state index contributed by atoms with van der Waals surface area (Å²) in [5.74, 6) is -6.26. The van der Waals surface area contributed by atoms with Crippen molar-refractivity contribution in [2.45, 2.75) is 19.8 Å². The summed E-state index contributed by atoms with van der Waals surface area (Å²) >= 11 is 0. The molecule has 0 bridgehead atoms. The Labute approximate surface area is 86.2 Å². The Morgan fingerprint density at radius 3 is 2.60 bits per heavy atom. The minimum Gasteiger partial charge on any atom is -0.457 e. The Morgan fingerprint density at radius 1 is 1.73 bits per heavy atom. The van der Waals surface area contributed by atoms with Crippen LogP contribution in [0.25, 0.3) is 5.53 Å². The molecular weight excluding hydrogens is 206 g/mol. The zero-order chi connectivity index (χ0) is 12.1. The van der Waals surface area contributed by atoms with Crippen LogP contribution in [-0.2, 0) is 9.53 Å². The van der Waals surface area contributed by atoms with Gasteiger partial charge in [0.1, 0.15) is 0 Å². The first-order chi connectivity index (χ1) is 6.91. The highest BCUT2D eigenvalue weighted by Gasteiger charge is 2.53. The van der Waals surface area contributed by atoms with Crippen molar-refractivity contribution in [3.63, 3.8) is 0 Å². The lowest BCUT2D eigenvalue weighted by molar-refractivity contribution is -0.145. The van der Waals surface area contributed by atoms with Crippen molar-refractivity contribution in [2.24, 2.45) is 5.92 Å². The summed E-state index contributed by atoms with van der Waals surface area (Å²) in [5, 5.41) is 0. The molecule has 84 valence electrons.